The smallest absolute Gasteiger partial charge is 0.271 e. The number of hydrogen-bond donors (Lipinski definition) is 2. The summed E-state index contributed by atoms with van der Waals surface area (Å²) >= 11 is 5.95. The minimum absolute atomic E-state index is 0.104. The van der Waals surface area contributed by atoms with Crippen molar-refractivity contribution in [3.8, 4) is 0 Å². The molecule has 2 aromatic rings. The molecule has 0 aliphatic rings. The van der Waals surface area contributed by atoms with Gasteiger partial charge in [0.25, 0.3) is 0 Å². The van der Waals surface area contributed by atoms with Gasteiger partial charge in [-0.25, -0.2) is 9.82 Å². The zero-order chi connectivity index (χ0) is 15.6. The van der Waals surface area contributed by atoms with E-state index in [1.807, 2.05) is 0 Å². The van der Waals surface area contributed by atoms with Gasteiger partial charge in [-0.1, -0.05) is 17.7 Å². The van der Waals surface area contributed by atoms with Gasteiger partial charge in [0, 0.05) is 6.20 Å². The summed E-state index contributed by atoms with van der Waals surface area (Å²) in [6, 6.07) is 4.83. The second-order valence-corrected chi connectivity index (χ2v) is 4.61. The minimum atomic E-state index is -4.80. The van der Waals surface area contributed by atoms with Crippen molar-refractivity contribution in [2.45, 2.75) is 12.2 Å². The number of pyridine rings is 1. The van der Waals surface area contributed by atoms with Crippen molar-refractivity contribution < 1.29 is 17.6 Å². The monoisotopic (exact) mass is 319 g/mol. The van der Waals surface area contributed by atoms with Crippen LogP contribution in [0, 0.1) is 5.82 Å². The average molecular weight is 320 g/mol. The molecule has 3 nitrogen and oxygen atoms in total. The van der Waals surface area contributed by atoms with E-state index in [1.54, 1.807) is 6.07 Å². The molecule has 8 heteroatoms. The van der Waals surface area contributed by atoms with Crippen LogP contribution in [0.3, 0.4) is 0 Å². The molecule has 0 aliphatic heterocycles. The predicted molar refractivity (Wildman–Crippen MR) is 69.8 cm³/mol. The third-order valence-corrected chi connectivity index (χ3v) is 3.18. The zero-order valence-electron chi connectivity index (χ0n) is 10.5. The Morgan fingerprint density at radius 2 is 1.95 bits per heavy atom. The topological polar surface area (TPSA) is 50.9 Å². The Morgan fingerprint density at radius 1 is 1.24 bits per heavy atom. The largest absolute Gasteiger partial charge is 0.419 e. The van der Waals surface area contributed by atoms with E-state index in [-0.39, 0.29) is 16.3 Å². The molecule has 0 aliphatic carbocycles. The first-order chi connectivity index (χ1) is 9.84. The first-order valence-corrected chi connectivity index (χ1v) is 6.15. The maximum atomic E-state index is 13.3. The Labute approximate surface area is 122 Å². The maximum Gasteiger partial charge on any atom is 0.419 e. The Bertz CT molecular complexity index is 646. The normalized spacial score (nSPS) is 13.2. The number of halogens is 5. The summed E-state index contributed by atoms with van der Waals surface area (Å²) in [5, 5.41) is 0.235. The van der Waals surface area contributed by atoms with Gasteiger partial charge in [-0.05, 0) is 29.8 Å². The van der Waals surface area contributed by atoms with Gasteiger partial charge in [-0.15, -0.1) is 0 Å². The molecule has 112 valence electrons. The first-order valence-electron chi connectivity index (χ1n) is 5.77. The summed E-state index contributed by atoms with van der Waals surface area (Å²) in [4.78, 5) is 3.99. The molecule has 0 fully saturated rings. The summed E-state index contributed by atoms with van der Waals surface area (Å²) in [5.74, 6) is 4.03. The Hall–Kier alpha value is -1.70. The molecule has 2 rings (SSSR count). The fraction of sp³-hybridized carbons (Fsp3) is 0.154. The highest BCUT2D eigenvalue weighted by molar-refractivity contribution is 6.31. The van der Waals surface area contributed by atoms with Gasteiger partial charge in [-0.2, -0.15) is 13.2 Å². The van der Waals surface area contributed by atoms with E-state index < -0.39 is 23.6 Å². The highest BCUT2D eigenvalue weighted by atomic mass is 35.5. The average Bonchev–Trinajstić information content (AvgIpc) is 2.42. The second-order valence-electron chi connectivity index (χ2n) is 4.21. The van der Waals surface area contributed by atoms with Crippen molar-refractivity contribution >= 4 is 11.6 Å². The number of aromatic nitrogens is 1. The number of nitrogens with one attached hydrogen (secondary N) is 1. The quantitative estimate of drug-likeness (QED) is 0.517. The molecule has 0 saturated heterocycles. The molecule has 0 saturated carbocycles. The molecule has 1 aromatic carbocycles. The fourth-order valence-electron chi connectivity index (χ4n) is 1.88. The number of alkyl halides is 3. The molecule has 3 N–H and O–H groups in total. The third-order valence-electron chi connectivity index (χ3n) is 2.86. The Kier molecular flexibility index (Phi) is 4.46. The molecule has 0 radical (unpaired) electrons. The van der Waals surface area contributed by atoms with Crippen molar-refractivity contribution in [3.05, 3.63) is 64.2 Å². The third kappa shape index (κ3) is 3.31. The summed E-state index contributed by atoms with van der Waals surface area (Å²) < 4.78 is 51.5. The van der Waals surface area contributed by atoms with Gasteiger partial charge in [0.05, 0.1) is 22.3 Å². The molecule has 1 aromatic heterocycles. The summed E-state index contributed by atoms with van der Waals surface area (Å²) in [7, 11) is 0. The van der Waals surface area contributed by atoms with Crippen LogP contribution >= 0.6 is 11.6 Å². The lowest BCUT2D eigenvalue weighted by Gasteiger charge is -2.18. The van der Waals surface area contributed by atoms with Crippen LogP contribution in [0.1, 0.15) is 22.9 Å². The highest BCUT2D eigenvalue weighted by Crippen LogP contribution is 2.34. The molecule has 1 heterocycles. The van der Waals surface area contributed by atoms with Crippen LogP contribution in [0.4, 0.5) is 17.6 Å². The lowest BCUT2D eigenvalue weighted by molar-refractivity contribution is -0.140. The minimum Gasteiger partial charge on any atom is -0.271 e. The number of benzene rings is 1. The summed E-state index contributed by atoms with van der Waals surface area (Å²) in [6.07, 6.45) is -3.37. The van der Waals surface area contributed by atoms with Crippen LogP contribution in [-0.2, 0) is 6.18 Å². The van der Waals surface area contributed by atoms with E-state index in [2.05, 4.69) is 10.4 Å². The molecular formula is C13H10ClF4N3. The van der Waals surface area contributed by atoms with Crippen molar-refractivity contribution in [3.63, 3.8) is 0 Å². The van der Waals surface area contributed by atoms with Crippen LogP contribution in [-0.4, -0.2) is 4.98 Å². The first kappa shape index (κ1) is 15.7. The van der Waals surface area contributed by atoms with E-state index in [9.17, 15) is 17.6 Å². The van der Waals surface area contributed by atoms with Crippen LogP contribution in [0.5, 0.6) is 0 Å². The lowest BCUT2D eigenvalue weighted by atomic mass is 10.0. The van der Waals surface area contributed by atoms with Gasteiger partial charge >= 0.3 is 6.18 Å². The fourth-order valence-corrected chi connectivity index (χ4v) is 2.11. The predicted octanol–water partition coefficient (Wildman–Crippen LogP) is 3.45. The van der Waals surface area contributed by atoms with Gasteiger partial charge in [0.1, 0.15) is 5.82 Å². The van der Waals surface area contributed by atoms with E-state index in [4.69, 9.17) is 17.4 Å². The van der Waals surface area contributed by atoms with Crippen molar-refractivity contribution in [2.75, 3.05) is 0 Å². The number of nitrogens with two attached hydrogens (primary N) is 1. The van der Waals surface area contributed by atoms with Crippen LogP contribution in [0.2, 0.25) is 5.02 Å². The zero-order valence-corrected chi connectivity index (χ0v) is 11.2. The molecule has 1 atom stereocenters. The summed E-state index contributed by atoms with van der Waals surface area (Å²) in [5.41, 5.74) is 1.32. The van der Waals surface area contributed by atoms with E-state index >= 15 is 0 Å². The Balaban J connectivity index is 2.52. The van der Waals surface area contributed by atoms with Gasteiger partial charge in [-0.3, -0.25) is 10.8 Å². The standard InChI is InChI=1S/C13H10ClF4N3/c14-9-2-1-5-20-12(9)11(21-19)7-3-4-10(15)8(6-7)13(16,17)18/h1-6,11,21H,19H2. The second kappa shape index (κ2) is 5.97. The molecule has 0 amide bonds. The van der Waals surface area contributed by atoms with Crippen LogP contribution in [0.25, 0.3) is 0 Å². The molecular weight excluding hydrogens is 310 g/mol. The van der Waals surface area contributed by atoms with Gasteiger partial charge in [0.2, 0.25) is 0 Å². The van der Waals surface area contributed by atoms with Crippen LogP contribution < -0.4 is 11.3 Å². The Morgan fingerprint density at radius 3 is 2.52 bits per heavy atom. The number of hydrogen-bond acceptors (Lipinski definition) is 3. The van der Waals surface area contributed by atoms with Crippen molar-refractivity contribution in [1.29, 1.82) is 0 Å². The van der Waals surface area contributed by atoms with E-state index in [0.29, 0.717) is 6.07 Å². The van der Waals surface area contributed by atoms with Gasteiger partial charge < -0.3 is 0 Å². The SMILES string of the molecule is NNC(c1ccc(F)c(C(F)(F)F)c1)c1ncccc1Cl. The molecule has 21 heavy (non-hydrogen) atoms. The van der Waals surface area contributed by atoms with Crippen molar-refractivity contribution in [2.24, 2.45) is 5.84 Å². The summed E-state index contributed by atoms with van der Waals surface area (Å²) in [6.45, 7) is 0. The van der Waals surface area contributed by atoms with E-state index in [1.165, 1.54) is 18.3 Å². The maximum absolute atomic E-state index is 13.3. The molecule has 0 bridgehead atoms. The molecule has 0 spiro atoms. The van der Waals surface area contributed by atoms with Crippen LogP contribution in [0.15, 0.2) is 36.5 Å². The van der Waals surface area contributed by atoms with Crippen molar-refractivity contribution in [1.82, 2.24) is 10.4 Å². The number of rotatable bonds is 3. The van der Waals surface area contributed by atoms with E-state index in [0.717, 1.165) is 6.07 Å². The number of nitrogens with zero attached hydrogens (tertiary/aromatic N) is 1. The number of hydrazine groups is 1. The highest BCUT2D eigenvalue weighted by Gasteiger charge is 2.35. The lowest BCUT2D eigenvalue weighted by Crippen LogP contribution is -2.30. The molecule has 1 unspecified atom stereocenters. The van der Waals surface area contributed by atoms with Gasteiger partial charge in [0.15, 0.2) is 0 Å².